The van der Waals surface area contributed by atoms with Gasteiger partial charge in [0.25, 0.3) is 0 Å². The fourth-order valence-corrected chi connectivity index (χ4v) is 3.43. The second-order valence-corrected chi connectivity index (χ2v) is 7.26. The molecule has 1 fully saturated rings. The number of carbonyl (C=O) groups excluding carboxylic acids is 1. The molecule has 120 valence electrons. The molecule has 0 spiro atoms. The topological polar surface area (TPSA) is 66.4 Å². The molecule has 0 aliphatic heterocycles. The molecule has 0 heterocycles. The largest absolute Gasteiger partial charge is 0.481 e. The second kappa shape index (κ2) is 5.41. The van der Waals surface area contributed by atoms with E-state index in [9.17, 15) is 14.7 Å². The Morgan fingerprint density at radius 2 is 1.86 bits per heavy atom. The maximum absolute atomic E-state index is 12.7. The maximum Gasteiger partial charge on any atom is 0.309 e. The van der Waals surface area contributed by atoms with Crippen LogP contribution in [0.25, 0.3) is 0 Å². The molecule has 1 aliphatic rings. The number of anilines is 1. The lowest BCUT2D eigenvalue weighted by atomic mass is 9.65. The highest BCUT2D eigenvalue weighted by Crippen LogP contribution is 2.56. The van der Waals surface area contributed by atoms with Gasteiger partial charge < -0.3 is 10.4 Å². The van der Waals surface area contributed by atoms with Crippen LogP contribution >= 0.6 is 0 Å². The van der Waals surface area contributed by atoms with Gasteiger partial charge in [0.15, 0.2) is 0 Å². The van der Waals surface area contributed by atoms with E-state index >= 15 is 0 Å². The molecule has 0 aromatic heterocycles. The lowest BCUT2D eigenvalue weighted by Gasteiger charge is -2.37. The van der Waals surface area contributed by atoms with Crippen molar-refractivity contribution in [1.29, 1.82) is 0 Å². The molecular weight excluding hydrogens is 278 g/mol. The van der Waals surface area contributed by atoms with Gasteiger partial charge in [0.05, 0.1) is 5.41 Å². The monoisotopic (exact) mass is 303 g/mol. The molecule has 0 unspecified atom stereocenters. The summed E-state index contributed by atoms with van der Waals surface area (Å²) in [5.41, 5.74) is 1.46. The van der Waals surface area contributed by atoms with Crippen molar-refractivity contribution < 1.29 is 14.7 Å². The van der Waals surface area contributed by atoms with Crippen LogP contribution in [0.3, 0.4) is 0 Å². The summed E-state index contributed by atoms with van der Waals surface area (Å²) in [4.78, 5) is 24.3. The molecule has 1 saturated carbocycles. The summed E-state index contributed by atoms with van der Waals surface area (Å²) >= 11 is 0. The molecule has 1 amide bonds. The standard InChI is InChI=1S/C18H25NO3/c1-11-6-7-12(2)14(10-11)19-15(20)13-8-9-18(5,16(21)22)17(13,3)4/h6-7,10,13H,8-9H2,1-5H3,(H,19,20)(H,21,22)/t13-,18+/m0/s1. The average molecular weight is 303 g/mol. The molecule has 2 rings (SSSR count). The van der Waals surface area contributed by atoms with Crippen LogP contribution in [-0.4, -0.2) is 17.0 Å². The summed E-state index contributed by atoms with van der Waals surface area (Å²) in [6, 6.07) is 5.93. The summed E-state index contributed by atoms with van der Waals surface area (Å²) in [6.07, 6.45) is 1.13. The Balaban J connectivity index is 2.24. The van der Waals surface area contributed by atoms with E-state index in [0.717, 1.165) is 16.8 Å². The van der Waals surface area contributed by atoms with Gasteiger partial charge in [0.2, 0.25) is 5.91 Å². The van der Waals surface area contributed by atoms with Crippen molar-refractivity contribution in [3.8, 4) is 0 Å². The quantitative estimate of drug-likeness (QED) is 0.893. The van der Waals surface area contributed by atoms with Crippen LogP contribution in [0.15, 0.2) is 18.2 Å². The first-order valence-corrected chi connectivity index (χ1v) is 7.71. The SMILES string of the molecule is Cc1ccc(C)c(NC(=O)[C@@H]2CC[C@](C)(C(=O)O)C2(C)C)c1. The average Bonchev–Trinajstić information content (AvgIpc) is 2.66. The van der Waals surface area contributed by atoms with Gasteiger partial charge in [-0.2, -0.15) is 0 Å². The highest BCUT2D eigenvalue weighted by atomic mass is 16.4. The van der Waals surface area contributed by atoms with Crippen molar-refractivity contribution in [3.63, 3.8) is 0 Å². The van der Waals surface area contributed by atoms with E-state index in [1.54, 1.807) is 6.92 Å². The van der Waals surface area contributed by atoms with Crippen LogP contribution < -0.4 is 5.32 Å². The Morgan fingerprint density at radius 3 is 2.41 bits per heavy atom. The van der Waals surface area contributed by atoms with Crippen LogP contribution in [0, 0.1) is 30.6 Å². The normalized spacial score (nSPS) is 26.7. The smallest absolute Gasteiger partial charge is 0.309 e. The van der Waals surface area contributed by atoms with Crippen molar-refractivity contribution in [3.05, 3.63) is 29.3 Å². The zero-order valence-corrected chi connectivity index (χ0v) is 14.0. The molecule has 2 N–H and O–H groups in total. The lowest BCUT2D eigenvalue weighted by molar-refractivity contribution is -0.154. The molecule has 4 heteroatoms. The molecule has 2 atom stereocenters. The number of amides is 1. The molecule has 0 saturated heterocycles. The number of benzene rings is 1. The summed E-state index contributed by atoms with van der Waals surface area (Å²) in [6.45, 7) is 9.47. The van der Waals surface area contributed by atoms with Crippen LogP contribution in [0.5, 0.6) is 0 Å². The first-order valence-electron chi connectivity index (χ1n) is 7.71. The number of nitrogens with one attached hydrogen (secondary N) is 1. The van der Waals surface area contributed by atoms with Crippen molar-refractivity contribution >= 4 is 17.6 Å². The van der Waals surface area contributed by atoms with Crippen molar-refractivity contribution in [1.82, 2.24) is 0 Å². The van der Waals surface area contributed by atoms with Gasteiger partial charge in [0, 0.05) is 11.6 Å². The van der Waals surface area contributed by atoms with Gasteiger partial charge in [-0.3, -0.25) is 9.59 Å². The Hall–Kier alpha value is -1.84. The van der Waals surface area contributed by atoms with E-state index in [1.165, 1.54) is 0 Å². The Morgan fingerprint density at radius 1 is 1.23 bits per heavy atom. The number of rotatable bonds is 3. The number of aryl methyl sites for hydroxylation is 2. The Kier molecular flexibility index (Phi) is 4.07. The minimum Gasteiger partial charge on any atom is -0.481 e. The minimum atomic E-state index is -0.864. The van der Waals surface area contributed by atoms with Gasteiger partial charge in [-0.25, -0.2) is 0 Å². The van der Waals surface area contributed by atoms with Gasteiger partial charge in [-0.15, -0.1) is 0 Å². The highest BCUT2D eigenvalue weighted by Gasteiger charge is 2.58. The zero-order valence-electron chi connectivity index (χ0n) is 14.0. The zero-order chi connectivity index (χ0) is 16.7. The molecule has 4 nitrogen and oxygen atoms in total. The predicted molar refractivity (Wildman–Crippen MR) is 86.8 cm³/mol. The van der Waals surface area contributed by atoms with E-state index in [4.69, 9.17) is 0 Å². The molecular formula is C18H25NO3. The maximum atomic E-state index is 12.7. The van der Waals surface area contributed by atoms with Gasteiger partial charge in [-0.05, 0) is 56.2 Å². The fraction of sp³-hybridized carbons (Fsp3) is 0.556. The summed E-state index contributed by atoms with van der Waals surface area (Å²) < 4.78 is 0. The Labute approximate surface area is 131 Å². The highest BCUT2D eigenvalue weighted by molar-refractivity contribution is 5.95. The summed E-state index contributed by atoms with van der Waals surface area (Å²) in [5, 5.41) is 12.5. The molecule has 1 aromatic rings. The van der Waals surface area contributed by atoms with E-state index in [-0.39, 0.29) is 11.8 Å². The minimum absolute atomic E-state index is 0.0799. The first-order chi connectivity index (χ1) is 10.1. The van der Waals surface area contributed by atoms with Crippen molar-refractivity contribution in [2.24, 2.45) is 16.7 Å². The molecule has 0 radical (unpaired) electrons. The molecule has 22 heavy (non-hydrogen) atoms. The number of carboxylic acids is 1. The summed E-state index contributed by atoms with van der Waals surface area (Å²) in [7, 11) is 0. The van der Waals surface area contributed by atoms with E-state index in [1.807, 2.05) is 45.9 Å². The third-order valence-corrected chi connectivity index (χ3v) is 5.67. The third kappa shape index (κ3) is 2.51. The number of carboxylic acid groups (broad SMARTS) is 1. The van der Waals surface area contributed by atoms with E-state index in [0.29, 0.717) is 12.8 Å². The first kappa shape index (κ1) is 16.5. The number of aliphatic carboxylic acids is 1. The van der Waals surface area contributed by atoms with Crippen molar-refractivity contribution in [2.75, 3.05) is 5.32 Å². The summed E-state index contributed by atoms with van der Waals surface area (Å²) in [5.74, 6) is -1.20. The van der Waals surface area contributed by atoms with Gasteiger partial charge in [0.1, 0.15) is 0 Å². The van der Waals surface area contributed by atoms with Gasteiger partial charge >= 0.3 is 5.97 Å². The van der Waals surface area contributed by atoms with Crippen molar-refractivity contribution in [2.45, 2.75) is 47.5 Å². The molecule has 1 aliphatic carbocycles. The van der Waals surface area contributed by atoms with Crippen LogP contribution in [0.1, 0.15) is 44.7 Å². The third-order valence-electron chi connectivity index (χ3n) is 5.67. The van der Waals surface area contributed by atoms with Gasteiger partial charge in [-0.1, -0.05) is 26.0 Å². The number of hydrogen-bond acceptors (Lipinski definition) is 2. The Bertz CT molecular complexity index is 621. The second-order valence-electron chi connectivity index (χ2n) is 7.26. The van der Waals surface area contributed by atoms with E-state index < -0.39 is 16.8 Å². The van der Waals surface area contributed by atoms with Crippen LogP contribution in [0.4, 0.5) is 5.69 Å². The fourth-order valence-electron chi connectivity index (χ4n) is 3.43. The number of carbonyl (C=O) groups is 2. The number of hydrogen-bond donors (Lipinski definition) is 2. The van der Waals surface area contributed by atoms with Crippen LogP contribution in [0.2, 0.25) is 0 Å². The molecule has 0 bridgehead atoms. The predicted octanol–water partition coefficient (Wildman–Crippen LogP) is 3.77. The molecule has 1 aromatic carbocycles. The lowest BCUT2D eigenvalue weighted by Crippen LogP contribution is -2.43. The van der Waals surface area contributed by atoms with Crippen LogP contribution in [-0.2, 0) is 9.59 Å². The van der Waals surface area contributed by atoms with E-state index in [2.05, 4.69) is 5.32 Å².